The second-order valence-electron chi connectivity index (χ2n) is 2.91. The van der Waals surface area contributed by atoms with E-state index in [9.17, 15) is 0 Å². The number of nitriles is 1. The molecule has 0 saturated heterocycles. The number of imidazole rings is 1. The Hall–Kier alpha value is -0.760. The van der Waals surface area contributed by atoms with Crippen LogP contribution in [0.4, 0.5) is 0 Å². The number of nitrogens with zero attached hydrogens (tertiary/aromatic N) is 3. The van der Waals surface area contributed by atoms with Gasteiger partial charge in [0.25, 0.3) is 0 Å². The highest BCUT2D eigenvalue weighted by Crippen LogP contribution is 2.18. The summed E-state index contributed by atoms with van der Waals surface area (Å²) in [6, 6.07) is 1.84. The Balaban J connectivity index is 2.73. The van der Waals surface area contributed by atoms with Gasteiger partial charge in [0.05, 0.1) is 17.8 Å². The minimum Gasteiger partial charge on any atom is -0.319 e. The van der Waals surface area contributed by atoms with Crippen LogP contribution in [0.1, 0.15) is 12.6 Å². The average Bonchev–Trinajstić information content (AvgIpc) is 2.39. The predicted molar refractivity (Wildman–Crippen MR) is 55.1 cm³/mol. The average molecular weight is 233 g/mol. The van der Waals surface area contributed by atoms with E-state index in [-0.39, 0.29) is 6.04 Å². The molecule has 0 aliphatic heterocycles. The molecule has 0 amide bonds. The van der Waals surface area contributed by atoms with Crippen molar-refractivity contribution in [1.82, 2.24) is 14.9 Å². The first kappa shape index (κ1) is 11.3. The zero-order valence-electron chi connectivity index (χ0n) is 7.88. The summed E-state index contributed by atoms with van der Waals surface area (Å²) >= 11 is 11.6. The zero-order valence-corrected chi connectivity index (χ0v) is 9.39. The SMILES string of the molecule is CC(C#N)NCc1c(Cl)nc(Cl)n1C. The topological polar surface area (TPSA) is 53.6 Å². The van der Waals surface area contributed by atoms with Crippen molar-refractivity contribution >= 4 is 23.2 Å². The maximum atomic E-state index is 8.56. The third-order valence-electron chi connectivity index (χ3n) is 1.88. The van der Waals surface area contributed by atoms with Crippen LogP contribution in [0.15, 0.2) is 0 Å². The minimum absolute atomic E-state index is 0.222. The molecule has 1 unspecified atom stereocenters. The number of hydrogen-bond donors (Lipinski definition) is 1. The lowest BCUT2D eigenvalue weighted by atomic mass is 10.3. The van der Waals surface area contributed by atoms with E-state index >= 15 is 0 Å². The summed E-state index contributed by atoms with van der Waals surface area (Å²) in [4.78, 5) is 3.89. The van der Waals surface area contributed by atoms with Crippen molar-refractivity contribution in [2.24, 2.45) is 7.05 Å². The monoisotopic (exact) mass is 232 g/mol. The van der Waals surface area contributed by atoms with Gasteiger partial charge in [-0.25, -0.2) is 4.98 Å². The van der Waals surface area contributed by atoms with Crippen LogP contribution in [-0.2, 0) is 13.6 Å². The van der Waals surface area contributed by atoms with Gasteiger partial charge in [-0.1, -0.05) is 11.6 Å². The molecule has 6 heteroatoms. The number of hydrogen-bond acceptors (Lipinski definition) is 3. The Morgan fingerprint density at radius 3 is 2.71 bits per heavy atom. The van der Waals surface area contributed by atoms with Gasteiger partial charge in [0.15, 0.2) is 5.15 Å². The van der Waals surface area contributed by atoms with Gasteiger partial charge in [0.1, 0.15) is 0 Å². The second kappa shape index (κ2) is 4.65. The lowest BCUT2D eigenvalue weighted by Crippen LogP contribution is -2.24. The molecule has 1 heterocycles. The van der Waals surface area contributed by atoms with Crippen molar-refractivity contribution in [3.05, 3.63) is 16.1 Å². The summed E-state index contributed by atoms with van der Waals surface area (Å²) < 4.78 is 1.68. The summed E-state index contributed by atoms with van der Waals surface area (Å²) in [6.45, 7) is 2.25. The molecule has 14 heavy (non-hydrogen) atoms. The van der Waals surface area contributed by atoms with Crippen LogP contribution < -0.4 is 5.32 Å². The van der Waals surface area contributed by atoms with Crippen LogP contribution in [0.2, 0.25) is 10.4 Å². The first-order chi connectivity index (χ1) is 6.56. The van der Waals surface area contributed by atoms with Crippen molar-refractivity contribution in [2.45, 2.75) is 19.5 Å². The Morgan fingerprint density at radius 2 is 2.29 bits per heavy atom. The van der Waals surface area contributed by atoms with Gasteiger partial charge in [-0.15, -0.1) is 0 Å². The fraction of sp³-hybridized carbons (Fsp3) is 0.500. The lowest BCUT2D eigenvalue weighted by Gasteiger charge is -2.06. The molecule has 0 aliphatic rings. The molecule has 1 aromatic rings. The summed E-state index contributed by atoms with van der Waals surface area (Å²) in [5.41, 5.74) is 0.777. The first-order valence-electron chi connectivity index (χ1n) is 4.06. The summed E-state index contributed by atoms with van der Waals surface area (Å²) in [5.74, 6) is 0. The van der Waals surface area contributed by atoms with Crippen LogP contribution in [-0.4, -0.2) is 15.6 Å². The van der Waals surface area contributed by atoms with Crippen molar-refractivity contribution in [2.75, 3.05) is 0 Å². The molecule has 0 aliphatic carbocycles. The number of halogens is 2. The normalized spacial score (nSPS) is 12.5. The lowest BCUT2D eigenvalue weighted by molar-refractivity contribution is 0.616. The van der Waals surface area contributed by atoms with Crippen LogP contribution >= 0.6 is 23.2 Å². The maximum absolute atomic E-state index is 8.56. The molecule has 4 nitrogen and oxygen atoms in total. The standard InChI is InChI=1S/C8H10Cl2N4/c1-5(3-11)12-4-6-7(9)13-8(10)14(6)2/h5,12H,4H2,1-2H3. The zero-order chi connectivity index (χ0) is 10.7. The van der Waals surface area contributed by atoms with Gasteiger partial charge in [-0.2, -0.15) is 5.26 Å². The summed E-state index contributed by atoms with van der Waals surface area (Å²) in [5, 5.41) is 12.3. The number of nitrogens with one attached hydrogen (secondary N) is 1. The van der Waals surface area contributed by atoms with E-state index in [4.69, 9.17) is 28.5 Å². The molecule has 1 aromatic heterocycles. The molecule has 0 fully saturated rings. The number of aromatic nitrogens is 2. The van der Waals surface area contributed by atoms with Gasteiger partial charge >= 0.3 is 0 Å². The molecule has 0 bridgehead atoms. The molecule has 1 N–H and O–H groups in total. The van der Waals surface area contributed by atoms with E-state index in [0.717, 1.165) is 5.69 Å². The van der Waals surface area contributed by atoms with Crippen LogP contribution in [0.3, 0.4) is 0 Å². The number of rotatable bonds is 3. The highest BCUT2D eigenvalue weighted by molar-refractivity contribution is 6.32. The molecule has 0 aromatic carbocycles. The Bertz CT molecular complexity index is 366. The summed E-state index contributed by atoms with van der Waals surface area (Å²) in [6.07, 6.45) is 0. The van der Waals surface area contributed by atoms with E-state index in [1.54, 1.807) is 18.5 Å². The largest absolute Gasteiger partial charge is 0.319 e. The molecule has 76 valence electrons. The molecule has 1 rings (SSSR count). The third-order valence-corrected chi connectivity index (χ3v) is 2.52. The van der Waals surface area contributed by atoms with Crippen LogP contribution in [0.5, 0.6) is 0 Å². The molecular weight excluding hydrogens is 223 g/mol. The van der Waals surface area contributed by atoms with E-state index in [1.807, 2.05) is 0 Å². The van der Waals surface area contributed by atoms with Gasteiger partial charge in [0, 0.05) is 13.6 Å². The quantitative estimate of drug-likeness (QED) is 0.864. The van der Waals surface area contributed by atoms with Gasteiger partial charge in [0.2, 0.25) is 5.28 Å². The van der Waals surface area contributed by atoms with Crippen molar-refractivity contribution in [3.8, 4) is 6.07 Å². The summed E-state index contributed by atoms with van der Waals surface area (Å²) in [7, 11) is 1.77. The minimum atomic E-state index is -0.222. The second-order valence-corrected chi connectivity index (χ2v) is 3.61. The smallest absolute Gasteiger partial charge is 0.204 e. The molecule has 0 saturated carbocycles. The molecule has 0 spiro atoms. The van der Waals surface area contributed by atoms with Gasteiger partial charge in [-0.3, -0.25) is 5.32 Å². The van der Waals surface area contributed by atoms with Crippen molar-refractivity contribution < 1.29 is 0 Å². The third kappa shape index (κ3) is 2.38. The fourth-order valence-electron chi connectivity index (χ4n) is 0.957. The van der Waals surface area contributed by atoms with E-state index in [0.29, 0.717) is 17.0 Å². The Kier molecular flexibility index (Phi) is 3.76. The highest BCUT2D eigenvalue weighted by Gasteiger charge is 2.11. The van der Waals surface area contributed by atoms with Crippen LogP contribution in [0, 0.1) is 11.3 Å². The molecular formula is C8H10Cl2N4. The fourth-order valence-corrected chi connectivity index (χ4v) is 1.46. The molecule has 0 radical (unpaired) electrons. The van der Waals surface area contributed by atoms with E-state index < -0.39 is 0 Å². The van der Waals surface area contributed by atoms with Crippen molar-refractivity contribution in [3.63, 3.8) is 0 Å². The van der Waals surface area contributed by atoms with Gasteiger partial charge in [-0.05, 0) is 18.5 Å². The molecule has 1 atom stereocenters. The van der Waals surface area contributed by atoms with E-state index in [1.165, 1.54) is 0 Å². The van der Waals surface area contributed by atoms with Gasteiger partial charge < -0.3 is 4.57 Å². The van der Waals surface area contributed by atoms with Crippen molar-refractivity contribution in [1.29, 1.82) is 5.26 Å². The Labute approximate surface area is 92.4 Å². The highest BCUT2D eigenvalue weighted by atomic mass is 35.5. The predicted octanol–water partition coefficient (Wildman–Crippen LogP) is 1.73. The first-order valence-corrected chi connectivity index (χ1v) is 4.81. The Morgan fingerprint density at radius 1 is 1.64 bits per heavy atom. The van der Waals surface area contributed by atoms with E-state index in [2.05, 4.69) is 16.4 Å². The maximum Gasteiger partial charge on any atom is 0.204 e. The van der Waals surface area contributed by atoms with Crippen LogP contribution in [0.25, 0.3) is 0 Å².